The van der Waals surface area contributed by atoms with E-state index in [9.17, 15) is 18.4 Å². The van der Waals surface area contributed by atoms with E-state index in [1.807, 2.05) is 30.3 Å². The molecule has 2 aliphatic rings. The predicted molar refractivity (Wildman–Crippen MR) is 113 cm³/mol. The van der Waals surface area contributed by atoms with Crippen LogP contribution in [-0.4, -0.2) is 40.6 Å². The Morgan fingerprint density at radius 2 is 1.93 bits per heavy atom. The van der Waals surface area contributed by atoms with Crippen LogP contribution in [0, 0.1) is 17.6 Å². The molecular formula is C22H20F2INO4. The molecule has 2 fully saturated rings. The Bertz CT molecular complexity index is 957. The number of rotatable bonds is 5. The smallest absolute Gasteiger partial charge is 0.416 e. The van der Waals surface area contributed by atoms with Gasteiger partial charge in [0.1, 0.15) is 23.8 Å². The summed E-state index contributed by atoms with van der Waals surface area (Å²) in [5, 5.41) is 0. The molecule has 5 nitrogen and oxygen atoms in total. The van der Waals surface area contributed by atoms with Gasteiger partial charge in [0.2, 0.25) is 5.91 Å². The van der Waals surface area contributed by atoms with E-state index in [2.05, 4.69) is 22.6 Å². The normalized spacial score (nSPS) is 26.1. The summed E-state index contributed by atoms with van der Waals surface area (Å²) in [6.45, 7) is 0.192. The maximum atomic E-state index is 14.4. The molecule has 0 aliphatic carbocycles. The van der Waals surface area contributed by atoms with E-state index < -0.39 is 35.3 Å². The third-order valence-electron chi connectivity index (χ3n) is 5.64. The molecule has 0 radical (unpaired) electrons. The number of imide groups is 1. The zero-order valence-corrected chi connectivity index (χ0v) is 18.2. The van der Waals surface area contributed by atoms with Crippen molar-refractivity contribution in [3.63, 3.8) is 0 Å². The van der Waals surface area contributed by atoms with E-state index in [4.69, 9.17) is 9.47 Å². The fourth-order valence-corrected chi connectivity index (χ4v) is 5.05. The van der Waals surface area contributed by atoms with Crippen LogP contribution in [0.2, 0.25) is 0 Å². The minimum atomic E-state index is -1.04. The van der Waals surface area contributed by atoms with E-state index in [0.717, 1.165) is 11.6 Å². The third-order valence-corrected chi connectivity index (χ3v) is 6.87. The van der Waals surface area contributed by atoms with Crippen LogP contribution >= 0.6 is 22.6 Å². The molecule has 3 atom stereocenters. The second-order valence-electron chi connectivity index (χ2n) is 7.59. The van der Waals surface area contributed by atoms with E-state index >= 15 is 0 Å². The first kappa shape index (κ1) is 21.2. The lowest BCUT2D eigenvalue weighted by Crippen LogP contribution is -2.44. The first-order valence-corrected chi connectivity index (χ1v) is 11.2. The number of nitrogens with zero attached hydrogens (tertiary/aromatic N) is 1. The number of hydrogen-bond donors (Lipinski definition) is 0. The molecule has 2 saturated heterocycles. The summed E-state index contributed by atoms with van der Waals surface area (Å²) in [7, 11) is 0. The van der Waals surface area contributed by atoms with E-state index in [-0.39, 0.29) is 31.1 Å². The molecule has 8 heteroatoms. The average molecular weight is 527 g/mol. The van der Waals surface area contributed by atoms with Crippen LogP contribution in [0.1, 0.15) is 17.5 Å². The van der Waals surface area contributed by atoms with Gasteiger partial charge in [0.25, 0.3) is 0 Å². The summed E-state index contributed by atoms with van der Waals surface area (Å²) >= 11 is 2.07. The predicted octanol–water partition coefficient (Wildman–Crippen LogP) is 4.22. The number of cyclic esters (lactones) is 1. The molecule has 2 amide bonds. The van der Waals surface area contributed by atoms with Crippen molar-refractivity contribution in [1.29, 1.82) is 0 Å². The van der Waals surface area contributed by atoms with Gasteiger partial charge in [-0.2, -0.15) is 0 Å². The average Bonchev–Trinajstić information content (AvgIpc) is 3.33. The molecule has 2 aromatic rings. The molecular weight excluding hydrogens is 507 g/mol. The Morgan fingerprint density at radius 1 is 1.17 bits per heavy atom. The molecule has 2 aliphatic heterocycles. The van der Waals surface area contributed by atoms with Gasteiger partial charge in [-0.3, -0.25) is 4.79 Å². The zero-order chi connectivity index (χ0) is 21.3. The van der Waals surface area contributed by atoms with Crippen molar-refractivity contribution in [3.05, 3.63) is 71.3 Å². The fraction of sp³-hybridized carbons (Fsp3) is 0.364. The van der Waals surface area contributed by atoms with Crippen molar-refractivity contribution in [2.24, 2.45) is 5.92 Å². The largest absolute Gasteiger partial charge is 0.447 e. The first-order valence-electron chi connectivity index (χ1n) is 9.63. The molecule has 4 rings (SSSR count). The van der Waals surface area contributed by atoms with Crippen LogP contribution in [0.3, 0.4) is 0 Å². The summed E-state index contributed by atoms with van der Waals surface area (Å²) < 4.78 is 39.2. The lowest BCUT2D eigenvalue weighted by atomic mass is 9.88. The number of carbonyl (C=O) groups excluding carboxylic acids is 2. The second-order valence-corrected chi connectivity index (χ2v) is 8.36. The van der Waals surface area contributed by atoms with E-state index in [1.54, 1.807) is 0 Å². The van der Waals surface area contributed by atoms with Crippen LogP contribution in [0.25, 0.3) is 0 Å². The topological polar surface area (TPSA) is 55.8 Å². The van der Waals surface area contributed by atoms with Gasteiger partial charge in [-0.1, -0.05) is 59.0 Å². The van der Waals surface area contributed by atoms with Crippen LogP contribution in [0.4, 0.5) is 13.6 Å². The summed E-state index contributed by atoms with van der Waals surface area (Å²) in [5.74, 6) is -2.38. The zero-order valence-electron chi connectivity index (χ0n) is 16.0. The van der Waals surface area contributed by atoms with Gasteiger partial charge in [-0.05, 0) is 24.5 Å². The summed E-state index contributed by atoms with van der Waals surface area (Å²) in [6, 6.07) is 12.5. The number of hydrogen-bond acceptors (Lipinski definition) is 4. The minimum Gasteiger partial charge on any atom is -0.447 e. The number of halogens is 3. The van der Waals surface area contributed by atoms with Crippen molar-refractivity contribution in [1.82, 2.24) is 4.90 Å². The molecule has 30 heavy (non-hydrogen) atoms. The van der Waals surface area contributed by atoms with Gasteiger partial charge in [0.05, 0.1) is 18.6 Å². The maximum absolute atomic E-state index is 14.4. The Labute approximate surface area is 186 Å². The third kappa shape index (κ3) is 3.94. The van der Waals surface area contributed by atoms with Crippen molar-refractivity contribution in [3.8, 4) is 0 Å². The van der Waals surface area contributed by atoms with Crippen molar-refractivity contribution in [2.75, 3.05) is 17.6 Å². The molecule has 0 N–H and O–H groups in total. The highest BCUT2D eigenvalue weighted by Crippen LogP contribution is 2.43. The van der Waals surface area contributed by atoms with Crippen molar-refractivity contribution in [2.45, 2.75) is 24.5 Å². The fourth-order valence-electron chi connectivity index (χ4n) is 4.11. The quantitative estimate of drug-likeness (QED) is 0.432. The van der Waals surface area contributed by atoms with Crippen LogP contribution in [0.5, 0.6) is 0 Å². The van der Waals surface area contributed by atoms with Gasteiger partial charge in [0, 0.05) is 16.1 Å². The van der Waals surface area contributed by atoms with Gasteiger partial charge in [-0.25, -0.2) is 18.5 Å². The Morgan fingerprint density at radius 3 is 2.63 bits per heavy atom. The highest BCUT2D eigenvalue weighted by molar-refractivity contribution is 14.1. The standard InChI is InChI=1S/C22H20F2INO4/c23-16-6-7-18(19(24)9-16)22(13-25)10-15(11-30-22)20(27)26-17(12-29-21(26)28)8-14-4-2-1-3-5-14/h1-7,9,15,17H,8,10-13H2/t15?,17-,22?/m1/s1. The highest BCUT2D eigenvalue weighted by atomic mass is 127. The van der Waals surface area contributed by atoms with Crippen LogP contribution in [0.15, 0.2) is 48.5 Å². The Hall–Kier alpha value is -2.07. The number of alkyl halides is 1. The molecule has 2 aromatic carbocycles. The van der Waals surface area contributed by atoms with E-state index in [0.29, 0.717) is 10.8 Å². The lowest BCUT2D eigenvalue weighted by molar-refractivity contribution is -0.133. The summed E-state index contributed by atoms with van der Waals surface area (Å²) in [4.78, 5) is 26.7. The van der Waals surface area contributed by atoms with Gasteiger partial charge in [0.15, 0.2) is 0 Å². The van der Waals surface area contributed by atoms with Crippen LogP contribution in [-0.2, 0) is 26.3 Å². The van der Waals surface area contributed by atoms with Crippen molar-refractivity contribution >= 4 is 34.6 Å². The highest BCUT2D eigenvalue weighted by Gasteiger charge is 2.49. The molecule has 0 aromatic heterocycles. The van der Waals surface area contributed by atoms with Crippen molar-refractivity contribution < 1.29 is 27.8 Å². The SMILES string of the molecule is O=C1OC[C@@H](Cc2ccccc2)N1C(=O)C1COC(CI)(c2ccc(F)cc2F)C1. The van der Waals surface area contributed by atoms with Crippen LogP contribution < -0.4 is 0 Å². The minimum absolute atomic E-state index is 0.0560. The molecule has 0 bridgehead atoms. The maximum Gasteiger partial charge on any atom is 0.416 e. The summed E-state index contributed by atoms with van der Waals surface area (Å²) in [6.07, 6.45) is 0.0376. The Kier molecular flexibility index (Phi) is 6.06. The first-order chi connectivity index (χ1) is 14.4. The molecule has 2 heterocycles. The molecule has 158 valence electrons. The number of ether oxygens (including phenoxy) is 2. The second kappa shape index (κ2) is 8.58. The molecule has 0 spiro atoms. The number of amides is 2. The number of benzene rings is 2. The van der Waals surface area contributed by atoms with Gasteiger partial charge in [-0.15, -0.1) is 0 Å². The molecule has 2 unspecified atom stereocenters. The van der Waals surface area contributed by atoms with Gasteiger partial charge >= 0.3 is 6.09 Å². The van der Waals surface area contributed by atoms with E-state index in [1.165, 1.54) is 17.0 Å². The number of carbonyl (C=O) groups is 2. The van der Waals surface area contributed by atoms with Gasteiger partial charge < -0.3 is 9.47 Å². The lowest BCUT2D eigenvalue weighted by Gasteiger charge is -2.27. The Balaban J connectivity index is 1.53. The summed E-state index contributed by atoms with van der Waals surface area (Å²) in [5.41, 5.74) is 0.173. The monoisotopic (exact) mass is 527 g/mol. The molecule has 0 saturated carbocycles.